The summed E-state index contributed by atoms with van der Waals surface area (Å²) in [7, 11) is -1.65. The summed E-state index contributed by atoms with van der Waals surface area (Å²) in [5.41, 5.74) is 2.76. The predicted molar refractivity (Wildman–Crippen MR) is 83.7 cm³/mol. The molecule has 0 heterocycles. The van der Waals surface area contributed by atoms with Gasteiger partial charge in [0.2, 0.25) is 10.0 Å². The SMILES string of the molecule is CNCCNS(=O)(=O)c1c(C)cc(C(C)(C)C)cc1C. The molecule has 20 heavy (non-hydrogen) atoms. The van der Waals surface area contributed by atoms with Crippen LogP contribution in [0.25, 0.3) is 0 Å². The molecule has 4 nitrogen and oxygen atoms in total. The number of nitrogens with one attached hydrogen (secondary N) is 2. The van der Waals surface area contributed by atoms with Crippen molar-refractivity contribution >= 4 is 10.0 Å². The molecule has 0 aliphatic carbocycles. The molecule has 0 atom stereocenters. The van der Waals surface area contributed by atoms with Crippen molar-refractivity contribution in [2.45, 2.75) is 44.9 Å². The van der Waals surface area contributed by atoms with E-state index in [0.717, 1.165) is 16.7 Å². The van der Waals surface area contributed by atoms with Gasteiger partial charge in [-0.05, 0) is 43.0 Å². The van der Waals surface area contributed by atoms with Crippen LogP contribution in [-0.4, -0.2) is 28.6 Å². The fourth-order valence-electron chi connectivity index (χ4n) is 2.19. The van der Waals surface area contributed by atoms with Gasteiger partial charge in [0.25, 0.3) is 0 Å². The van der Waals surface area contributed by atoms with E-state index in [1.54, 1.807) is 7.05 Å². The largest absolute Gasteiger partial charge is 0.318 e. The van der Waals surface area contributed by atoms with E-state index >= 15 is 0 Å². The van der Waals surface area contributed by atoms with E-state index in [2.05, 4.69) is 30.8 Å². The number of hydrogen-bond acceptors (Lipinski definition) is 3. The maximum absolute atomic E-state index is 12.4. The smallest absolute Gasteiger partial charge is 0.241 e. The maximum Gasteiger partial charge on any atom is 0.241 e. The number of hydrogen-bond donors (Lipinski definition) is 2. The zero-order chi connectivity index (χ0) is 15.6. The van der Waals surface area contributed by atoms with Crippen molar-refractivity contribution in [1.82, 2.24) is 10.0 Å². The molecule has 2 N–H and O–H groups in total. The Balaban J connectivity index is 3.20. The van der Waals surface area contributed by atoms with Gasteiger partial charge >= 0.3 is 0 Å². The lowest BCUT2D eigenvalue weighted by Gasteiger charge is -2.22. The highest BCUT2D eigenvalue weighted by Gasteiger charge is 2.22. The van der Waals surface area contributed by atoms with Crippen molar-refractivity contribution in [2.75, 3.05) is 20.1 Å². The summed E-state index contributed by atoms with van der Waals surface area (Å²) in [6.07, 6.45) is 0. The Morgan fingerprint density at radius 1 is 1.05 bits per heavy atom. The van der Waals surface area contributed by atoms with Gasteiger partial charge in [0.15, 0.2) is 0 Å². The molecule has 0 aliphatic heterocycles. The molecule has 5 heteroatoms. The number of sulfonamides is 1. The fourth-order valence-corrected chi connectivity index (χ4v) is 3.67. The minimum Gasteiger partial charge on any atom is -0.318 e. The fraction of sp³-hybridized carbons (Fsp3) is 0.600. The second-order valence-corrected chi connectivity index (χ2v) is 7.89. The van der Waals surface area contributed by atoms with E-state index in [0.29, 0.717) is 18.0 Å². The highest BCUT2D eigenvalue weighted by molar-refractivity contribution is 7.89. The monoisotopic (exact) mass is 298 g/mol. The Labute approximate surface area is 123 Å². The van der Waals surface area contributed by atoms with E-state index in [1.807, 2.05) is 26.0 Å². The standard InChI is InChI=1S/C15H26N2O2S/c1-11-9-13(15(3,4)5)10-12(2)14(11)20(18,19)17-8-7-16-6/h9-10,16-17H,7-8H2,1-6H3. The first-order valence-corrected chi connectivity index (χ1v) is 8.34. The average molecular weight is 298 g/mol. The molecular formula is C15H26N2O2S. The molecule has 1 aromatic rings. The molecule has 0 saturated carbocycles. The molecule has 0 aromatic heterocycles. The zero-order valence-corrected chi connectivity index (χ0v) is 14.1. The van der Waals surface area contributed by atoms with Gasteiger partial charge in [-0.3, -0.25) is 0 Å². The third kappa shape index (κ3) is 4.04. The first-order valence-electron chi connectivity index (χ1n) is 6.85. The molecule has 1 rings (SSSR count). The molecule has 0 amide bonds. The summed E-state index contributed by atoms with van der Waals surface area (Å²) in [6, 6.07) is 3.94. The first-order chi connectivity index (χ1) is 9.09. The predicted octanol–water partition coefficient (Wildman–Crippen LogP) is 2.10. The van der Waals surface area contributed by atoms with Crippen LogP contribution in [0.2, 0.25) is 0 Å². The summed E-state index contributed by atoms with van der Waals surface area (Å²) < 4.78 is 27.4. The second kappa shape index (κ2) is 6.24. The van der Waals surface area contributed by atoms with Crippen LogP contribution in [0, 0.1) is 13.8 Å². The summed E-state index contributed by atoms with van der Waals surface area (Å²) in [6.45, 7) is 11.1. The molecule has 1 aromatic carbocycles. The molecule has 0 radical (unpaired) electrons. The van der Waals surface area contributed by atoms with Gasteiger partial charge in [0, 0.05) is 13.1 Å². The third-order valence-electron chi connectivity index (χ3n) is 3.26. The number of likely N-dealkylation sites (N-methyl/N-ethyl adjacent to an activating group) is 1. The van der Waals surface area contributed by atoms with Gasteiger partial charge < -0.3 is 5.32 Å². The van der Waals surface area contributed by atoms with E-state index in [1.165, 1.54) is 0 Å². The Kier molecular flexibility index (Phi) is 5.35. The Morgan fingerprint density at radius 3 is 1.95 bits per heavy atom. The second-order valence-electron chi connectivity index (χ2n) is 6.19. The zero-order valence-electron chi connectivity index (χ0n) is 13.3. The van der Waals surface area contributed by atoms with E-state index in [4.69, 9.17) is 0 Å². The summed E-state index contributed by atoms with van der Waals surface area (Å²) >= 11 is 0. The van der Waals surface area contributed by atoms with Crippen LogP contribution < -0.4 is 10.0 Å². The van der Waals surface area contributed by atoms with Crippen LogP contribution in [0.15, 0.2) is 17.0 Å². The van der Waals surface area contributed by atoms with Crippen molar-refractivity contribution in [3.05, 3.63) is 28.8 Å². The molecule has 0 saturated heterocycles. The molecule has 0 aliphatic rings. The first kappa shape index (κ1) is 17.1. The van der Waals surface area contributed by atoms with Crippen molar-refractivity contribution in [3.63, 3.8) is 0 Å². The molecule has 114 valence electrons. The van der Waals surface area contributed by atoms with Gasteiger partial charge in [-0.15, -0.1) is 0 Å². The summed E-state index contributed by atoms with van der Waals surface area (Å²) in [4.78, 5) is 0.404. The van der Waals surface area contributed by atoms with Crippen molar-refractivity contribution in [2.24, 2.45) is 0 Å². The van der Waals surface area contributed by atoms with Gasteiger partial charge in [0.1, 0.15) is 0 Å². The number of rotatable bonds is 5. The summed E-state index contributed by atoms with van der Waals surface area (Å²) in [5, 5.41) is 2.92. The Morgan fingerprint density at radius 2 is 1.55 bits per heavy atom. The van der Waals surface area contributed by atoms with Crippen LogP contribution in [-0.2, 0) is 15.4 Å². The van der Waals surface area contributed by atoms with Crippen LogP contribution in [0.1, 0.15) is 37.5 Å². The quantitative estimate of drug-likeness (QED) is 0.819. The van der Waals surface area contributed by atoms with Crippen LogP contribution >= 0.6 is 0 Å². The molecular weight excluding hydrogens is 272 g/mol. The van der Waals surface area contributed by atoms with Gasteiger partial charge in [-0.2, -0.15) is 0 Å². The normalized spacial score (nSPS) is 12.7. The van der Waals surface area contributed by atoms with E-state index < -0.39 is 10.0 Å². The van der Waals surface area contributed by atoms with E-state index in [9.17, 15) is 8.42 Å². The van der Waals surface area contributed by atoms with Crippen LogP contribution in [0.5, 0.6) is 0 Å². The van der Waals surface area contributed by atoms with Crippen LogP contribution in [0.3, 0.4) is 0 Å². The minimum atomic E-state index is -3.45. The highest BCUT2D eigenvalue weighted by Crippen LogP contribution is 2.28. The average Bonchev–Trinajstić information content (AvgIpc) is 2.26. The Hall–Kier alpha value is -0.910. The maximum atomic E-state index is 12.4. The number of benzene rings is 1. The van der Waals surface area contributed by atoms with E-state index in [-0.39, 0.29) is 5.41 Å². The molecule has 0 bridgehead atoms. The Bertz CT molecular complexity index is 549. The minimum absolute atomic E-state index is 0.0113. The van der Waals surface area contributed by atoms with Crippen LogP contribution in [0.4, 0.5) is 0 Å². The van der Waals surface area contributed by atoms with Crippen molar-refractivity contribution < 1.29 is 8.42 Å². The van der Waals surface area contributed by atoms with Gasteiger partial charge in [-0.1, -0.05) is 32.9 Å². The molecule has 0 fully saturated rings. The van der Waals surface area contributed by atoms with Gasteiger partial charge in [0.05, 0.1) is 4.90 Å². The lowest BCUT2D eigenvalue weighted by atomic mass is 9.85. The van der Waals surface area contributed by atoms with Gasteiger partial charge in [-0.25, -0.2) is 13.1 Å². The third-order valence-corrected chi connectivity index (χ3v) is 5.03. The summed E-state index contributed by atoms with van der Waals surface area (Å²) in [5.74, 6) is 0. The lowest BCUT2D eigenvalue weighted by molar-refractivity contribution is 0.574. The molecule has 0 spiro atoms. The van der Waals surface area contributed by atoms with Crippen molar-refractivity contribution in [3.8, 4) is 0 Å². The topological polar surface area (TPSA) is 58.2 Å². The molecule has 0 unspecified atom stereocenters. The highest BCUT2D eigenvalue weighted by atomic mass is 32.2. The van der Waals surface area contributed by atoms with Crippen molar-refractivity contribution in [1.29, 1.82) is 0 Å². The number of aryl methyl sites for hydroxylation is 2. The lowest BCUT2D eigenvalue weighted by Crippen LogP contribution is -2.31.